The van der Waals surface area contributed by atoms with Crippen LogP contribution >= 0.6 is 11.6 Å². The van der Waals surface area contributed by atoms with Crippen molar-refractivity contribution < 1.29 is 22.7 Å². The Morgan fingerprint density at radius 3 is 2.23 bits per heavy atom. The highest BCUT2D eigenvalue weighted by molar-refractivity contribution is 7.92. The molecule has 1 N–H and O–H groups in total. The lowest BCUT2D eigenvalue weighted by Gasteiger charge is -2.34. The highest BCUT2D eigenvalue weighted by atomic mass is 35.5. The van der Waals surface area contributed by atoms with E-state index < -0.39 is 28.5 Å². The number of sulfonamides is 1. The maximum absolute atomic E-state index is 14.3. The molecule has 1 fully saturated rings. The van der Waals surface area contributed by atoms with E-state index in [0.29, 0.717) is 28.4 Å². The van der Waals surface area contributed by atoms with Crippen LogP contribution in [0.1, 0.15) is 56.6 Å². The Kier molecular flexibility index (Phi) is 11.1. The number of amides is 2. The number of anilines is 1. The van der Waals surface area contributed by atoms with Gasteiger partial charge in [-0.2, -0.15) is 0 Å². The topological polar surface area (TPSA) is 96.0 Å². The molecule has 1 aliphatic rings. The van der Waals surface area contributed by atoms with Gasteiger partial charge >= 0.3 is 0 Å². The van der Waals surface area contributed by atoms with Crippen LogP contribution in [0.2, 0.25) is 5.02 Å². The maximum atomic E-state index is 14.3. The Morgan fingerprint density at radius 2 is 1.63 bits per heavy atom. The van der Waals surface area contributed by atoms with Gasteiger partial charge in [-0.15, -0.1) is 0 Å². The number of carbonyl (C=O) groups excluding carboxylic acids is 2. The summed E-state index contributed by atoms with van der Waals surface area (Å²) in [6.45, 7) is 3.26. The summed E-state index contributed by atoms with van der Waals surface area (Å²) in [6.07, 6.45) is 5.41. The summed E-state index contributed by atoms with van der Waals surface area (Å²) in [5, 5.41) is 3.61. The van der Waals surface area contributed by atoms with Crippen molar-refractivity contribution in [3.8, 4) is 5.75 Å². The molecule has 0 aromatic heterocycles. The van der Waals surface area contributed by atoms with Crippen LogP contribution in [-0.2, 0) is 26.2 Å². The van der Waals surface area contributed by atoms with Gasteiger partial charge in [0.15, 0.2) is 0 Å². The number of hydrogen-bond donors (Lipinski definition) is 1. The minimum atomic E-state index is -4.16. The number of nitrogens with zero attached hydrogens (tertiary/aromatic N) is 2. The smallest absolute Gasteiger partial charge is 0.264 e. The monoisotopic (exact) mass is 625 g/mol. The summed E-state index contributed by atoms with van der Waals surface area (Å²) in [7, 11) is -2.63. The average Bonchev–Trinajstić information content (AvgIpc) is 3.01. The van der Waals surface area contributed by atoms with Gasteiger partial charge in [0, 0.05) is 17.6 Å². The van der Waals surface area contributed by atoms with Gasteiger partial charge in [-0.05, 0) is 74.2 Å². The third-order valence-electron chi connectivity index (χ3n) is 7.88. The number of methoxy groups -OCH3 is 1. The van der Waals surface area contributed by atoms with Crippen molar-refractivity contribution in [2.75, 3.05) is 18.0 Å². The average molecular weight is 626 g/mol. The van der Waals surface area contributed by atoms with Gasteiger partial charge < -0.3 is 15.0 Å². The van der Waals surface area contributed by atoms with E-state index in [4.69, 9.17) is 16.3 Å². The minimum Gasteiger partial charge on any atom is -0.497 e. The quantitative estimate of drug-likeness (QED) is 0.262. The van der Waals surface area contributed by atoms with Gasteiger partial charge in [0.05, 0.1) is 17.7 Å². The molecule has 1 atom stereocenters. The minimum absolute atomic E-state index is 0.0517. The van der Waals surface area contributed by atoms with Crippen LogP contribution in [0.4, 0.5) is 5.69 Å². The Morgan fingerprint density at radius 1 is 0.977 bits per heavy atom. The Balaban J connectivity index is 1.71. The molecule has 2 amide bonds. The first-order valence-corrected chi connectivity index (χ1v) is 16.5. The van der Waals surface area contributed by atoms with Crippen molar-refractivity contribution in [3.63, 3.8) is 0 Å². The number of halogens is 1. The molecule has 0 radical (unpaired) electrons. The van der Waals surface area contributed by atoms with Gasteiger partial charge in [0.25, 0.3) is 10.0 Å². The van der Waals surface area contributed by atoms with Crippen LogP contribution < -0.4 is 14.4 Å². The van der Waals surface area contributed by atoms with Crippen molar-refractivity contribution in [1.29, 1.82) is 0 Å². The molecule has 4 rings (SSSR count). The number of nitrogens with one attached hydrogen (secondary N) is 1. The Bertz CT molecular complexity index is 1490. The molecular formula is C33H40ClN3O5S. The number of ether oxygens (including phenoxy) is 1. The van der Waals surface area contributed by atoms with Crippen molar-refractivity contribution in [1.82, 2.24) is 10.2 Å². The molecule has 1 unspecified atom stereocenters. The number of benzene rings is 3. The summed E-state index contributed by atoms with van der Waals surface area (Å²) in [5.41, 5.74) is 1.87. The van der Waals surface area contributed by atoms with Crippen LogP contribution in [0.15, 0.2) is 77.7 Å². The fourth-order valence-corrected chi connectivity index (χ4v) is 7.00. The molecule has 3 aromatic rings. The largest absolute Gasteiger partial charge is 0.497 e. The van der Waals surface area contributed by atoms with E-state index in [2.05, 4.69) is 5.32 Å². The van der Waals surface area contributed by atoms with Crippen molar-refractivity contribution in [3.05, 3.63) is 88.9 Å². The second-order valence-electron chi connectivity index (χ2n) is 10.9. The zero-order chi connectivity index (χ0) is 31.0. The van der Waals surface area contributed by atoms with Gasteiger partial charge in [0.1, 0.15) is 18.3 Å². The molecule has 0 spiro atoms. The lowest BCUT2D eigenvalue weighted by atomic mass is 9.95. The Hall–Kier alpha value is -3.56. The van der Waals surface area contributed by atoms with E-state index >= 15 is 0 Å². The molecule has 43 heavy (non-hydrogen) atoms. The predicted octanol–water partition coefficient (Wildman–Crippen LogP) is 6.11. The van der Waals surface area contributed by atoms with Crippen molar-refractivity contribution in [2.45, 2.75) is 75.9 Å². The first-order valence-electron chi connectivity index (χ1n) is 14.7. The number of carbonyl (C=O) groups is 2. The zero-order valence-corrected chi connectivity index (χ0v) is 26.5. The third kappa shape index (κ3) is 8.09. The maximum Gasteiger partial charge on any atom is 0.264 e. The second kappa shape index (κ2) is 14.8. The summed E-state index contributed by atoms with van der Waals surface area (Å²) < 4.78 is 34.4. The fourth-order valence-electron chi connectivity index (χ4n) is 5.39. The van der Waals surface area contributed by atoms with Crippen LogP contribution in [0, 0.1) is 6.92 Å². The van der Waals surface area contributed by atoms with Crippen LogP contribution in [0.25, 0.3) is 0 Å². The second-order valence-corrected chi connectivity index (χ2v) is 13.2. The molecule has 3 aromatic carbocycles. The molecule has 0 saturated heterocycles. The lowest BCUT2D eigenvalue weighted by Crippen LogP contribution is -2.54. The fraction of sp³-hybridized carbons (Fsp3) is 0.394. The summed E-state index contributed by atoms with van der Waals surface area (Å²) >= 11 is 6.49. The molecule has 0 heterocycles. The van der Waals surface area contributed by atoms with E-state index in [9.17, 15) is 18.0 Å². The van der Waals surface area contributed by atoms with Crippen LogP contribution in [-0.4, -0.2) is 50.9 Å². The van der Waals surface area contributed by atoms with Crippen molar-refractivity contribution in [2.24, 2.45) is 0 Å². The lowest BCUT2D eigenvalue weighted by molar-refractivity contribution is -0.140. The SMILES string of the molecule is CCC(C(=O)NC1CCCCC1)N(Cc1ccccc1Cl)C(=O)CN(c1ccc(OC)cc1)S(=O)(=O)c1ccc(C)cc1. The van der Waals surface area contributed by atoms with Crippen LogP contribution in [0.3, 0.4) is 0 Å². The molecular weight excluding hydrogens is 586 g/mol. The van der Waals surface area contributed by atoms with E-state index in [-0.39, 0.29) is 23.4 Å². The van der Waals surface area contributed by atoms with Crippen molar-refractivity contribution >= 4 is 39.1 Å². The normalized spacial score (nSPS) is 14.5. The first kappa shape index (κ1) is 32.4. The summed E-state index contributed by atoms with van der Waals surface area (Å²) in [6, 6.07) is 19.4. The molecule has 1 saturated carbocycles. The van der Waals surface area contributed by atoms with Gasteiger partial charge in [-0.25, -0.2) is 8.42 Å². The number of hydrogen-bond acceptors (Lipinski definition) is 5. The van der Waals surface area contributed by atoms with Gasteiger partial charge in [-0.3, -0.25) is 13.9 Å². The van der Waals surface area contributed by atoms with E-state index in [1.807, 2.05) is 19.9 Å². The number of rotatable bonds is 12. The molecule has 0 aliphatic heterocycles. The van der Waals surface area contributed by atoms with E-state index in [1.165, 1.54) is 24.1 Å². The Labute approximate surface area is 260 Å². The highest BCUT2D eigenvalue weighted by Crippen LogP contribution is 2.28. The van der Waals surface area contributed by atoms with Crippen LogP contribution in [0.5, 0.6) is 5.75 Å². The van der Waals surface area contributed by atoms with Gasteiger partial charge in [-0.1, -0.05) is 73.7 Å². The molecule has 0 bridgehead atoms. The third-order valence-corrected chi connectivity index (χ3v) is 10.0. The molecule has 230 valence electrons. The zero-order valence-electron chi connectivity index (χ0n) is 25.0. The number of aryl methyl sites for hydroxylation is 1. The summed E-state index contributed by atoms with van der Waals surface area (Å²) in [4.78, 5) is 29.4. The highest BCUT2D eigenvalue weighted by Gasteiger charge is 2.34. The van der Waals surface area contributed by atoms with E-state index in [1.54, 1.807) is 54.6 Å². The molecule has 1 aliphatic carbocycles. The standard InChI is InChI=1S/C33H40ClN3O5S/c1-4-31(33(39)35-26-11-6-5-7-12-26)36(22-25-10-8-9-13-30(25)34)32(38)23-37(27-16-18-28(42-3)19-17-27)43(40,41)29-20-14-24(2)15-21-29/h8-10,13-21,26,31H,4-7,11-12,22-23H2,1-3H3,(H,35,39). The first-order chi connectivity index (χ1) is 20.6. The van der Waals surface area contributed by atoms with E-state index in [0.717, 1.165) is 42.0 Å². The molecule has 10 heteroatoms. The predicted molar refractivity (Wildman–Crippen MR) is 170 cm³/mol. The molecule has 8 nitrogen and oxygen atoms in total. The summed E-state index contributed by atoms with van der Waals surface area (Å²) in [5.74, 6) is -0.210. The van der Waals surface area contributed by atoms with Gasteiger partial charge in [0.2, 0.25) is 11.8 Å².